The van der Waals surface area contributed by atoms with Crippen LogP contribution in [0.1, 0.15) is 25.5 Å². The van der Waals surface area contributed by atoms with Gasteiger partial charge < -0.3 is 19.5 Å². The zero-order valence-electron chi connectivity index (χ0n) is 16.0. The first-order valence-electron chi connectivity index (χ1n) is 8.76. The molecule has 0 radical (unpaired) electrons. The molecule has 0 aliphatic carbocycles. The molecule has 148 valence electrons. The summed E-state index contributed by atoms with van der Waals surface area (Å²) in [5, 5.41) is 3.27. The lowest BCUT2D eigenvalue weighted by molar-refractivity contribution is 0.0767. The van der Waals surface area contributed by atoms with Gasteiger partial charge in [0.05, 0.1) is 17.8 Å². The lowest BCUT2D eigenvalue weighted by Crippen LogP contribution is -2.47. The van der Waals surface area contributed by atoms with E-state index >= 15 is 0 Å². The van der Waals surface area contributed by atoms with Gasteiger partial charge in [-0.05, 0) is 41.8 Å². The summed E-state index contributed by atoms with van der Waals surface area (Å²) in [6, 6.07) is 2.07. The molecule has 1 saturated heterocycles. The van der Waals surface area contributed by atoms with Gasteiger partial charge in [0.25, 0.3) is 0 Å². The Balaban J connectivity index is 2.20. The van der Waals surface area contributed by atoms with Crippen molar-refractivity contribution >= 4 is 31.7 Å². The van der Waals surface area contributed by atoms with Crippen LogP contribution in [-0.4, -0.2) is 68.2 Å². The molecular formula is C17H29BrN4O3S. The van der Waals surface area contributed by atoms with Crippen LogP contribution in [0.4, 0.5) is 0 Å². The van der Waals surface area contributed by atoms with Crippen molar-refractivity contribution in [3.05, 3.63) is 22.4 Å². The predicted octanol–water partition coefficient (Wildman–Crippen LogP) is 1.78. The number of halogens is 1. The molecule has 1 N–H and O–H groups in total. The molecule has 0 spiro atoms. The van der Waals surface area contributed by atoms with Crippen molar-refractivity contribution in [3.63, 3.8) is 0 Å². The van der Waals surface area contributed by atoms with E-state index in [4.69, 9.17) is 4.74 Å². The topological polar surface area (TPSA) is 75.9 Å². The third-order valence-corrected chi connectivity index (χ3v) is 7.42. The van der Waals surface area contributed by atoms with Gasteiger partial charge in [-0.2, -0.15) is 0 Å². The highest BCUT2D eigenvalue weighted by Gasteiger charge is 2.42. The number of nitrogens with zero attached hydrogens (tertiary/aromatic N) is 3. The summed E-state index contributed by atoms with van der Waals surface area (Å²) in [5.41, 5.74) is 1.13. The Bertz CT molecular complexity index is 739. The van der Waals surface area contributed by atoms with Crippen LogP contribution in [0.2, 0.25) is 0 Å². The average molecular weight is 449 g/mol. The number of guanidine groups is 1. The molecule has 1 fully saturated rings. The number of ether oxygens (including phenoxy) is 1. The molecule has 1 aliphatic rings. The monoisotopic (exact) mass is 448 g/mol. The molecule has 0 atom stereocenters. The second kappa shape index (κ2) is 8.75. The fourth-order valence-electron chi connectivity index (χ4n) is 3.12. The highest BCUT2D eigenvalue weighted by atomic mass is 79.9. The number of hydrogen-bond acceptors (Lipinski definition) is 4. The molecule has 9 heteroatoms. The summed E-state index contributed by atoms with van der Waals surface area (Å²) in [7, 11) is 0.727. The van der Waals surface area contributed by atoms with Gasteiger partial charge in [-0.25, -0.2) is 8.42 Å². The molecule has 7 nitrogen and oxygen atoms in total. The Labute approximate surface area is 164 Å². The first kappa shape index (κ1) is 21.2. The Kier molecular flexibility index (Phi) is 7.15. The predicted molar refractivity (Wildman–Crippen MR) is 108 cm³/mol. The van der Waals surface area contributed by atoms with E-state index in [2.05, 4.69) is 36.9 Å². The van der Waals surface area contributed by atoms with Gasteiger partial charge in [-0.1, -0.05) is 0 Å². The number of aromatic nitrogens is 1. The maximum absolute atomic E-state index is 12.4. The SMILES string of the molecule is CCNC(=NCC1(S(C)(=O)=O)CCOCC1)N(C)Cc1cc(Br)cn1C. The van der Waals surface area contributed by atoms with Crippen molar-refractivity contribution in [2.45, 2.75) is 31.1 Å². The van der Waals surface area contributed by atoms with Crippen LogP contribution < -0.4 is 5.32 Å². The third-order valence-electron chi connectivity index (χ3n) is 4.88. The minimum absolute atomic E-state index is 0.249. The van der Waals surface area contributed by atoms with E-state index in [1.165, 1.54) is 6.26 Å². The van der Waals surface area contributed by atoms with Gasteiger partial charge in [0, 0.05) is 56.5 Å². The summed E-state index contributed by atoms with van der Waals surface area (Å²) in [4.78, 5) is 6.70. The Morgan fingerprint density at radius 2 is 2.12 bits per heavy atom. The van der Waals surface area contributed by atoms with Crippen molar-refractivity contribution in [2.24, 2.45) is 12.0 Å². The van der Waals surface area contributed by atoms with E-state index in [9.17, 15) is 8.42 Å². The summed E-state index contributed by atoms with van der Waals surface area (Å²) in [5.74, 6) is 0.708. The molecule has 2 heterocycles. The van der Waals surface area contributed by atoms with E-state index in [1.54, 1.807) is 0 Å². The summed E-state index contributed by atoms with van der Waals surface area (Å²) in [6.45, 7) is 4.57. The number of nitrogens with one attached hydrogen (secondary N) is 1. The second-order valence-corrected chi connectivity index (χ2v) is 10.2. The molecule has 0 unspecified atom stereocenters. The number of sulfone groups is 1. The maximum atomic E-state index is 12.4. The third kappa shape index (κ3) is 5.01. The van der Waals surface area contributed by atoms with Crippen LogP contribution in [0, 0.1) is 0 Å². The zero-order valence-corrected chi connectivity index (χ0v) is 18.4. The molecule has 1 aromatic heterocycles. The summed E-state index contributed by atoms with van der Waals surface area (Å²) < 4.78 is 32.5. The Hall–Kier alpha value is -1.06. The first-order valence-corrected chi connectivity index (χ1v) is 11.4. The fourth-order valence-corrected chi connectivity index (χ4v) is 4.90. The van der Waals surface area contributed by atoms with E-state index in [1.807, 2.05) is 32.1 Å². The Morgan fingerprint density at radius 1 is 1.46 bits per heavy atom. The van der Waals surface area contributed by atoms with Gasteiger partial charge in [-0.3, -0.25) is 4.99 Å². The molecule has 0 bridgehead atoms. The van der Waals surface area contributed by atoms with Crippen molar-refractivity contribution < 1.29 is 13.2 Å². The lowest BCUT2D eigenvalue weighted by atomic mass is 9.99. The molecule has 1 aromatic rings. The van der Waals surface area contributed by atoms with Crippen molar-refractivity contribution in [3.8, 4) is 0 Å². The van der Waals surface area contributed by atoms with Gasteiger partial charge >= 0.3 is 0 Å². The zero-order chi connectivity index (χ0) is 19.4. The lowest BCUT2D eigenvalue weighted by Gasteiger charge is -2.34. The van der Waals surface area contributed by atoms with E-state index in [0.29, 0.717) is 38.6 Å². The van der Waals surface area contributed by atoms with Crippen LogP contribution in [0.5, 0.6) is 0 Å². The number of aryl methyl sites for hydroxylation is 1. The van der Waals surface area contributed by atoms with Crippen LogP contribution in [0.25, 0.3) is 0 Å². The van der Waals surface area contributed by atoms with E-state index < -0.39 is 14.6 Å². The molecular weight excluding hydrogens is 420 g/mol. The molecule has 1 aliphatic heterocycles. The quantitative estimate of drug-likeness (QED) is 0.530. The molecule has 0 saturated carbocycles. The van der Waals surface area contributed by atoms with Crippen molar-refractivity contribution in [1.82, 2.24) is 14.8 Å². The van der Waals surface area contributed by atoms with E-state index in [-0.39, 0.29) is 6.54 Å². The van der Waals surface area contributed by atoms with Gasteiger partial charge in [-0.15, -0.1) is 0 Å². The first-order chi connectivity index (χ1) is 12.2. The number of aliphatic imine (C=N–C) groups is 1. The fraction of sp³-hybridized carbons (Fsp3) is 0.706. The van der Waals surface area contributed by atoms with Gasteiger partial charge in [0.2, 0.25) is 0 Å². The molecule has 2 rings (SSSR count). The van der Waals surface area contributed by atoms with Crippen LogP contribution in [0.3, 0.4) is 0 Å². The minimum Gasteiger partial charge on any atom is -0.381 e. The van der Waals surface area contributed by atoms with Crippen molar-refractivity contribution in [1.29, 1.82) is 0 Å². The van der Waals surface area contributed by atoms with Crippen molar-refractivity contribution in [2.75, 3.05) is 39.6 Å². The van der Waals surface area contributed by atoms with Crippen LogP contribution in [-0.2, 0) is 28.2 Å². The Morgan fingerprint density at radius 3 is 2.62 bits per heavy atom. The van der Waals surface area contributed by atoms with Crippen LogP contribution in [0.15, 0.2) is 21.7 Å². The van der Waals surface area contributed by atoms with Gasteiger partial charge in [0.15, 0.2) is 15.8 Å². The van der Waals surface area contributed by atoms with Gasteiger partial charge in [0.1, 0.15) is 0 Å². The normalized spacial score (nSPS) is 18.0. The number of hydrogen-bond donors (Lipinski definition) is 1. The molecule has 26 heavy (non-hydrogen) atoms. The summed E-state index contributed by atoms with van der Waals surface area (Å²) >= 11 is 3.49. The smallest absolute Gasteiger partial charge is 0.194 e. The van der Waals surface area contributed by atoms with Crippen LogP contribution >= 0.6 is 15.9 Å². The maximum Gasteiger partial charge on any atom is 0.194 e. The minimum atomic E-state index is -3.23. The summed E-state index contributed by atoms with van der Waals surface area (Å²) in [6.07, 6.45) is 4.30. The molecule has 0 amide bonds. The highest BCUT2D eigenvalue weighted by Crippen LogP contribution is 2.29. The average Bonchev–Trinajstić information content (AvgIpc) is 2.88. The standard InChI is InChI=1S/C17H29BrN4O3S/c1-5-19-16(22(3)12-15-10-14(18)11-21(15)2)20-13-17(26(4,23)24)6-8-25-9-7-17/h10-11H,5-9,12-13H2,1-4H3,(H,19,20). The largest absolute Gasteiger partial charge is 0.381 e. The second-order valence-electron chi connectivity index (χ2n) is 6.85. The van der Waals surface area contributed by atoms with E-state index in [0.717, 1.165) is 16.7 Å². The number of rotatable bonds is 6. The molecule has 0 aromatic carbocycles. The highest BCUT2D eigenvalue weighted by molar-refractivity contribution is 9.10.